The highest BCUT2D eigenvalue weighted by atomic mass is 32.2. The fourth-order valence-corrected chi connectivity index (χ4v) is 14.1. The maximum atomic E-state index is 15.1. The van der Waals surface area contributed by atoms with Gasteiger partial charge in [-0.1, -0.05) is 117 Å². The third-order valence-corrected chi connectivity index (χ3v) is 22.3. The van der Waals surface area contributed by atoms with Crippen LogP contribution in [0.3, 0.4) is 0 Å². The van der Waals surface area contributed by atoms with E-state index in [1.807, 2.05) is 24.3 Å². The Kier molecular flexibility index (Phi) is 51.7. The second-order valence-electron chi connectivity index (χ2n) is 32.7. The minimum absolute atomic E-state index is 0.0370. The number of aliphatic carboxylic acids is 1. The zero-order chi connectivity index (χ0) is 95.7. The lowest BCUT2D eigenvalue weighted by Gasteiger charge is -2.30. The smallest absolute Gasteiger partial charge is 0.326 e. The first-order valence-corrected chi connectivity index (χ1v) is 45.3. The molecule has 43 heteroatoms. The van der Waals surface area contributed by atoms with Crippen molar-refractivity contribution >= 4 is 123 Å². The highest BCUT2D eigenvalue weighted by molar-refractivity contribution is 7.98. The number of thioether (sulfide) groups is 1. The predicted molar refractivity (Wildman–Crippen MR) is 488 cm³/mol. The molecule has 0 aliphatic rings. The van der Waals surface area contributed by atoms with Crippen LogP contribution in [0.4, 0.5) is 0 Å². The van der Waals surface area contributed by atoms with E-state index in [9.17, 15) is 67.7 Å². The number of benzene rings is 2. The number of rotatable bonds is 64. The van der Waals surface area contributed by atoms with Crippen molar-refractivity contribution in [1.29, 1.82) is 0 Å². The lowest BCUT2D eigenvalue weighted by molar-refractivity contribution is -0.142. The molecule has 34 N–H and O–H groups in total. The Labute approximate surface area is 752 Å². The van der Waals surface area contributed by atoms with E-state index in [-0.39, 0.29) is 109 Å². The number of guanidine groups is 2. The van der Waals surface area contributed by atoms with Crippen LogP contribution in [0.5, 0.6) is 0 Å². The Bertz CT molecular complexity index is 4110. The number of nitrogens with zero attached hydrogens (tertiary/aromatic N) is 2. The molecule has 42 nitrogen and oxygen atoms in total. The van der Waals surface area contributed by atoms with Crippen LogP contribution in [0.15, 0.2) is 70.8 Å². The Hall–Kier alpha value is -11.3. The van der Waals surface area contributed by atoms with E-state index in [4.69, 9.17) is 51.6 Å². The third-order valence-electron chi connectivity index (χ3n) is 21.7. The molecule has 0 radical (unpaired) electrons. The van der Waals surface area contributed by atoms with Gasteiger partial charge in [-0.15, -0.1) is 0 Å². The Morgan fingerprint density at radius 1 is 0.398 bits per heavy atom. The van der Waals surface area contributed by atoms with Gasteiger partial charge in [0, 0.05) is 43.0 Å². The molecule has 0 aliphatic heterocycles. The average Bonchev–Trinajstić information content (AvgIpc) is 1.65. The van der Waals surface area contributed by atoms with Gasteiger partial charge in [0.1, 0.15) is 78.5 Å². The zero-order valence-corrected chi connectivity index (χ0v) is 76.1. The van der Waals surface area contributed by atoms with E-state index in [1.165, 1.54) is 11.8 Å². The van der Waals surface area contributed by atoms with Crippen molar-refractivity contribution in [3.8, 4) is 0 Å². The normalized spacial score (nSPS) is 15.0. The first-order valence-electron chi connectivity index (χ1n) is 43.9. The van der Waals surface area contributed by atoms with E-state index in [0.29, 0.717) is 62.8 Å². The van der Waals surface area contributed by atoms with E-state index < -0.39 is 216 Å². The molecule has 0 unspecified atom stereocenters. The number of aromatic amines is 1. The number of aliphatic hydroxyl groups excluding tert-OH is 1. The van der Waals surface area contributed by atoms with Crippen LogP contribution in [-0.2, 0) is 84.8 Å². The third kappa shape index (κ3) is 39.9. The molecule has 16 atom stereocenters. The number of carboxylic acid groups (broad SMARTS) is 1. The summed E-state index contributed by atoms with van der Waals surface area (Å²) in [5.41, 5.74) is 54.5. The number of carboxylic acids is 1. The summed E-state index contributed by atoms with van der Waals surface area (Å²) in [6.45, 7) is 12.6. The molecule has 14 amide bonds. The van der Waals surface area contributed by atoms with Gasteiger partial charge in [0.15, 0.2) is 11.9 Å². The second-order valence-corrected chi connectivity index (χ2v) is 33.7. The molecule has 0 saturated heterocycles. The van der Waals surface area contributed by atoms with Crippen molar-refractivity contribution < 1.29 is 82.1 Å². The number of para-hydroxylation sites is 1. The molecule has 0 fully saturated rings. The average molecular weight is 1820 g/mol. The van der Waals surface area contributed by atoms with Crippen LogP contribution in [0.1, 0.15) is 182 Å². The summed E-state index contributed by atoms with van der Waals surface area (Å²) >= 11 is 1.37. The van der Waals surface area contributed by atoms with Gasteiger partial charge in [0.05, 0.1) is 12.6 Å². The molecule has 128 heavy (non-hydrogen) atoms. The molecular formula is C85H143N25O17S. The van der Waals surface area contributed by atoms with Gasteiger partial charge in [-0.05, 0) is 175 Å². The van der Waals surface area contributed by atoms with Crippen LogP contribution in [0.25, 0.3) is 10.9 Å². The summed E-state index contributed by atoms with van der Waals surface area (Å²) in [5, 5.41) is 55.9. The Morgan fingerprint density at radius 3 is 1.15 bits per heavy atom. The quantitative estimate of drug-likeness (QED) is 0.0149. The number of aromatic nitrogens is 1. The van der Waals surface area contributed by atoms with E-state index in [1.54, 1.807) is 98.2 Å². The van der Waals surface area contributed by atoms with Crippen molar-refractivity contribution in [2.24, 2.45) is 85.3 Å². The van der Waals surface area contributed by atoms with Crippen LogP contribution in [0.2, 0.25) is 0 Å². The van der Waals surface area contributed by atoms with Gasteiger partial charge in [-0.25, -0.2) is 4.79 Å². The number of unbranched alkanes of at least 4 members (excludes halogenated alkanes) is 3. The number of amides is 14. The van der Waals surface area contributed by atoms with E-state index in [0.717, 1.165) is 16.5 Å². The lowest BCUT2D eigenvalue weighted by Crippen LogP contribution is -2.62. The molecule has 0 saturated carbocycles. The molecule has 716 valence electrons. The number of primary amides is 1. The standard InChI is InChI=1S/C85H143N25O17S/c1-10-49(7)68(109-75(118)58(31-19-22-39-88)99-71(114)56(29-17-20-37-86)98-70(113)54(89)44-52-45-97-55-28-16-15-27-53(52)55)81(124)103-60(33-24-41-96-85(93)94)72(115)100-59(32-23-40-95-84(91)92)73(116)105-63(43-51-25-13-12-14-26-51)77(120)101-57(30-18-21-38-87)74(117)107-66(47(3)4)79(122)106-64(46-111)78(121)102-61(34-35-65(90)112)76(119)108-67(48(5)6)80(123)110-69(50(8)11-2)82(125)104-62(83(126)127)36-42-128-9/h12-16,25-28,45,47-50,54,56-64,66-69,97,111H,10-11,17-24,29-44,46,86-89H2,1-9H3,(H2,90,112)(H,98,113)(H,99,114)(H,100,115)(H,101,120)(H,102,121)(H,103,124)(H,104,125)(H,105,116)(H,106,122)(H,107,117)(H,108,119)(H,109,118)(H,110,123)(H,126,127)(H4,91,92,95)(H4,93,94,96)/t49-,50-,54-,56-,57-,58-,59-,60-,61-,62-,63-,64-,66-,67-,68-,69-/m0/s1. The van der Waals surface area contributed by atoms with Crippen molar-refractivity contribution in [2.75, 3.05) is 51.3 Å². The highest BCUT2D eigenvalue weighted by Gasteiger charge is 2.40. The predicted octanol–water partition coefficient (Wildman–Crippen LogP) is -3.42. The summed E-state index contributed by atoms with van der Waals surface area (Å²) in [5.74, 6) is -16.5. The van der Waals surface area contributed by atoms with Gasteiger partial charge in [-0.3, -0.25) is 77.1 Å². The van der Waals surface area contributed by atoms with Gasteiger partial charge < -0.3 is 136 Å². The summed E-state index contributed by atoms with van der Waals surface area (Å²) in [6.07, 6.45) is 5.34. The zero-order valence-electron chi connectivity index (χ0n) is 75.3. The Balaban J connectivity index is 2.02. The van der Waals surface area contributed by atoms with Crippen LogP contribution < -0.4 is 121 Å². The number of H-pyrrole nitrogens is 1. The minimum Gasteiger partial charge on any atom is -0.480 e. The number of nitrogens with one attached hydrogen (secondary N) is 14. The van der Waals surface area contributed by atoms with E-state index >= 15 is 14.4 Å². The Morgan fingerprint density at radius 2 is 0.742 bits per heavy atom. The summed E-state index contributed by atoms with van der Waals surface area (Å²) in [4.78, 5) is 224. The number of fused-ring (bicyclic) bond motifs is 1. The molecular weight excluding hydrogens is 1680 g/mol. The number of nitrogens with two attached hydrogens (primary N) is 9. The first-order chi connectivity index (χ1) is 60.8. The number of hydrogen-bond acceptors (Lipinski definition) is 23. The molecule has 2 aromatic carbocycles. The molecule has 1 aromatic heterocycles. The van der Waals surface area contributed by atoms with Gasteiger partial charge in [0.25, 0.3) is 0 Å². The number of aliphatic hydroxyl groups is 1. The van der Waals surface area contributed by atoms with Gasteiger partial charge in [-0.2, -0.15) is 11.8 Å². The SMILES string of the molecule is CC[C@H](C)[C@H](NC(=O)[C@H](CCCCN)NC(=O)[C@H](CCCCN)NC(=O)[C@@H](N)Cc1c[nH]c2ccccc12)C(=O)N[C@@H](CCCN=C(N)N)C(=O)N[C@@H](CCCN=C(N)N)C(=O)N[C@@H](Cc1ccccc1)C(=O)N[C@@H](CCCCN)C(=O)N[C@H](C(=O)N[C@@H](CO)C(=O)N[C@@H](CCC(N)=O)C(=O)N[C@H](C(=O)N[C@H](C(=O)N[C@@H](CCSC)C(=O)O)[C@@H](C)CC)C(C)C)C(C)C. The molecule has 3 rings (SSSR count). The number of carbonyl (C=O) groups excluding carboxylic acids is 14. The summed E-state index contributed by atoms with van der Waals surface area (Å²) in [6, 6.07) is -4.04. The largest absolute Gasteiger partial charge is 0.480 e. The van der Waals surface area contributed by atoms with Crippen molar-refractivity contribution in [3.63, 3.8) is 0 Å². The van der Waals surface area contributed by atoms with Crippen molar-refractivity contribution in [3.05, 3.63) is 71.9 Å². The maximum Gasteiger partial charge on any atom is 0.326 e. The number of carbonyl (C=O) groups is 15. The molecule has 0 spiro atoms. The minimum atomic E-state index is -1.85. The first kappa shape index (κ1) is 111. The van der Waals surface area contributed by atoms with E-state index in [2.05, 4.69) is 84.1 Å². The van der Waals surface area contributed by atoms with Crippen LogP contribution >= 0.6 is 11.8 Å². The molecule has 3 aromatic rings. The number of hydrogen-bond donors (Lipinski definition) is 25. The molecule has 1 heterocycles. The van der Waals surface area contributed by atoms with Crippen LogP contribution in [-0.4, -0.2) is 252 Å². The number of aliphatic imine (C=N–C) groups is 2. The van der Waals surface area contributed by atoms with Gasteiger partial charge in [0.2, 0.25) is 82.7 Å². The van der Waals surface area contributed by atoms with Gasteiger partial charge >= 0.3 is 5.97 Å². The highest BCUT2D eigenvalue weighted by Crippen LogP contribution is 2.21. The van der Waals surface area contributed by atoms with Crippen molar-refractivity contribution in [2.45, 2.75) is 268 Å². The van der Waals surface area contributed by atoms with Crippen molar-refractivity contribution in [1.82, 2.24) is 74.1 Å². The lowest BCUT2D eigenvalue weighted by atomic mass is 9.96. The fraction of sp³-hybridized carbons (Fsp3) is 0.635. The fourth-order valence-electron chi connectivity index (χ4n) is 13.7. The topological polar surface area (TPSA) is 728 Å². The maximum absolute atomic E-state index is 15.1. The summed E-state index contributed by atoms with van der Waals surface area (Å²) < 4.78 is 0. The monoisotopic (exact) mass is 1820 g/mol. The molecule has 0 aliphatic carbocycles. The molecule has 0 bridgehead atoms. The summed E-state index contributed by atoms with van der Waals surface area (Å²) in [7, 11) is 0. The second kappa shape index (κ2) is 59.7. The van der Waals surface area contributed by atoms with Crippen LogP contribution in [0, 0.1) is 23.7 Å².